The van der Waals surface area contributed by atoms with Crippen molar-refractivity contribution in [2.45, 2.75) is 0 Å². The van der Waals surface area contributed by atoms with Crippen molar-refractivity contribution in [2.75, 3.05) is 44.8 Å². The Kier molecular flexibility index (Phi) is 12.6. The SMILES string of the molecule is O=S(O)CCOCNCNCOCCS. The zero-order valence-electron chi connectivity index (χ0n) is 8.48. The molecule has 1 atom stereocenters. The van der Waals surface area contributed by atoms with Gasteiger partial charge in [0.05, 0.1) is 32.4 Å². The third-order valence-electron chi connectivity index (χ3n) is 1.30. The van der Waals surface area contributed by atoms with Gasteiger partial charge in [0.2, 0.25) is 0 Å². The highest BCUT2D eigenvalue weighted by Crippen LogP contribution is 1.77. The van der Waals surface area contributed by atoms with Crippen LogP contribution in [0.5, 0.6) is 0 Å². The van der Waals surface area contributed by atoms with E-state index in [1.807, 2.05) is 0 Å². The Morgan fingerprint density at radius 3 is 2.33 bits per heavy atom. The van der Waals surface area contributed by atoms with Crippen LogP contribution in [0, 0.1) is 0 Å². The number of thiol groups is 1. The summed E-state index contributed by atoms with van der Waals surface area (Å²) in [6, 6.07) is 0. The maximum atomic E-state index is 10.2. The summed E-state index contributed by atoms with van der Waals surface area (Å²) in [5, 5.41) is 5.89. The molecule has 8 heteroatoms. The quantitative estimate of drug-likeness (QED) is 0.169. The Balaban J connectivity index is 2.89. The molecule has 0 aromatic rings. The maximum Gasteiger partial charge on any atom is 0.155 e. The summed E-state index contributed by atoms with van der Waals surface area (Å²) in [7, 11) is 0. The molecule has 0 saturated heterocycles. The lowest BCUT2D eigenvalue weighted by Crippen LogP contribution is -2.32. The zero-order valence-corrected chi connectivity index (χ0v) is 10.2. The summed E-state index contributed by atoms with van der Waals surface area (Å²) < 4.78 is 28.7. The first kappa shape index (κ1) is 15.3. The summed E-state index contributed by atoms with van der Waals surface area (Å²) in [5.74, 6) is 0.844. The van der Waals surface area contributed by atoms with Gasteiger partial charge in [-0.1, -0.05) is 0 Å². The largest absolute Gasteiger partial charge is 0.365 e. The molecule has 0 rings (SSSR count). The molecule has 0 aliphatic carbocycles. The molecule has 0 heterocycles. The van der Waals surface area contributed by atoms with E-state index in [4.69, 9.17) is 14.0 Å². The van der Waals surface area contributed by atoms with E-state index in [2.05, 4.69) is 23.3 Å². The molecular weight excluding hydrogens is 240 g/mol. The van der Waals surface area contributed by atoms with Gasteiger partial charge >= 0.3 is 0 Å². The summed E-state index contributed by atoms with van der Waals surface area (Å²) >= 11 is 2.21. The van der Waals surface area contributed by atoms with Gasteiger partial charge in [-0.2, -0.15) is 12.6 Å². The minimum absolute atomic E-state index is 0.139. The second-order valence-corrected chi connectivity index (χ2v) is 4.03. The highest BCUT2D eigenvalue weighted by Gasteiger charge is 1.92. The van der Waals surface area contributed by atoms with Crippen molar-refractivity contribution in [3.8, 4) is 0 Å². The van der Waals surface area contributed by atoms with Crippen molar-refractivity contribution in [1.29, 1.82) is 0 Å². The van der Waals surface area contributed by atoms with Gasteiger partial charge < -0.3 is 14.0 Å². The fourth-order valence-corrected chi connectivity index (χ4v) is 1.06. The molecular formula is C7H18N2O4S2. The van der Waals surface area contributed by atoms with Crippen LogP contribution >= 0.6 is 12.6 Å². The number of ether oxygens (including phenoxy) is 2. The van der Waals surface area contributed by atoms with Gasteiger partial charge in [-0.15, -0.1) is 0 Å². The minimum atomic E-state index is -1.77. The predicted octanol–water partition coefficient (Wildman–Crippen LogP) is -0.777. The molecule has 15 heavy (non-hydrogen) atoms. The normalized spacial score (nSPS) is 12.9. The molecule has 0 radical (unpaired) electrons. The Labute approximate surface area is 97.8 Å². The number of hydrogen-bond acceptors (Lipinski definition) is 6. The standard InChI is InChI=1S/C7H18N2O4S2/c10-15(11)4-2-13-7-9-5-8-6-12-1-3-14/h8-9,14H,1-7H2,(H,10,11). The molecule has 0 aliphatic heterocycles. The van der Waals surface area contributed by atoms with Crippen LogP contribution in [-0.4, -0.2) is 53.6 Å². The summed E-state index contributed by atoms with van der Waals surface area (Å²) in [6.45, 7) is 2.26. The van der Waals surface area contributed by atoms with Crippen LogP contribution < -0.4 is 10.6 Å². The van der Waals surface area contributed by atoms with Gasteiger partial charge in [-0.3, -0.25) is 10.6 Å². The Morgan fingerprint density at radius 1 is 1.20 bits per heavy atom. The summed E-state index contributed by atoms with van der Waals surface area (Å²) in [6.07, 6.45) is 0. The van der Waals surface area contributed by atoms with E-state index < -0.39 is 11.1 Å². The van der Waals surface area contributed by atoms with Crippen LogP contribution in [0.2, 0.25) is 0 Å². The Hall–Kier alpha value is 0.300. The lowest BCUT2D eigenvalue weighted by Gasteiger charge is -2.07. The highest BCUT2D eigenvalue weighted by atomic mass is 32.2. The number of rotatable bonds is 11. The van der Waals surface area contributed by atoms with Gasteiger partial charge in [0, 0.05) is 12.4 Å². The van der Waals surface area contributed by atoms with E-state index in [9.17, 15) is 4.21 Å². The average molecular weight is 258 g/mol. The van der Waals surface area contributed by atoms with Crippen LogP contribution in [0.3, 0.4) is 0 Å². The molecule has 1 unspecified atom stereocenters. The van der Waals surface area contributed by atoms with Crippen molar-refractivity contribution >= 4 is 23.7 Å². The molecule has 3 N–H and O–H groups in total. The molecule has 0 bridgehead atoms. The highest BCUT2D eigenvalue weighted by molar-refractivity contribution is 7.80. The summed E-state index contributed by atoms with van der Waals surface area (Å²) in [5.41, 5.74) is 0. The molecule has 92 valence electrons. The molecule has 0 aromatic heterocycles. The second-order valence-electron chi connectivity index (χ2n) is 2.53. The van der Waals surface area contributed by atoms with Crippen LogP contribution in [0.15, 0.2) is 0 Å². The van der Waals surface area contributed by atoms with E-state index in [0.717, 1.165) is 0 Å². The topological polar surface area (TPSA) is 79.8 Å². The first-order valence-corrected chi connectivity index (χ1v) is 6.43. The van der Waals surface area contributed by atoms with Crippen LogP contribution in [0.25, 0.3) is 0 Å². The third kappa shape index (κ3) is 14.3. The molecule has 0 aromatic carbocycles. The average Bonchev–Trinajstić information content (AvgIpc) is 2.20. The number of hydrogen-bond donors (Lipinski definition) is 4. The Morgan fingerprint density at radius 2 is 1.80 bits per heavy atom. The monoisotopic (exact) mass is 258 g/mol. The van der Waals surface area contributed by atoms with Gasteiger partial charge in [0.25, 0.3) is 0 Å². The zero-order chi connectivity index (χ0) is 11.4. The van der Waals surface area contributed by atoms with Gasteiger partial charge in [-0.25, -0.2) is 4.21 Å². The van der Waals surface area contributed by atoms with Gasteiger partial charge in [-0.05, 0) is 0 Å². The van der Waals surface area contributed by atoms with E-state index in [0.29, 0.717) is 32.5 Å². The van der Waals surface area contributed by atoms with Gasteiger partial charge in [0.15, 0.2) is 11.1 Å². The first-order chi connectivity index (χ1) is 7.27. The number of nitrogens with one attached hydrogen (secondary N) is 2. The fraction of sp³-hybridized carbons (Fsp3) is 1.00. The molecule has 0 fully saturated rings. The van der Waals surface area contributed by atoms with Crippen molar-refractivity contribution in [3.05, 3.63) is 0 Å². The summed E-state index contributed by atoms with van der Waals surface area (Å²) in [4.78, 5) is 0. The smallest absolute Gasteiger partial charge is 0.155 e. The molecule has 0 aliphatic rings. The van der Waals surface area contributed by atoms with Gasteiger partial charge in [0.1, 0.15) is 0 Å². The van der Waals surface area contributed by atoms with Crippen molar-refractivity contribution in [2.24, 2.45) is 0 Å². The first-order valence-electron chi connectivity index (χ1n) is 4.52. The second kappa shape index (κ2) is 12.4. The van der Waals surface area contributed by atoms with Crippen LogP contribution in [-0.2, 0) is 20.6 Å². The van der Waals surface area contributed by atoms with Crippen molar-refractivity contribution in [1.82, 2.24) is 10.6 Å². The maximum absolute atomic E-state index is 10.2. The lowest BCUT2D eigenvalue weighted by atomic mass is 10.8. The predicted molar refractivity (Wildman–Crippen MR) is 62.3 cm³/mol. The molecule has 0 saturated carbocycles. The van der Waals surface area contributed by atoms with Crippen LogP contribution in [0.1, 0.15) is 0 Å². The van der Waals surface area contributed by atoms with E-state index in [1.54, 1.807) is 0 Å². The van der Waals surface area contributed by atoms with E-state index >= 15 is 0 Å². The fourth-order valence-electron chi connectivity index (χ4n) is 0.674. The van der Waals surface area contributed by atoms with Crippen molar-refractivity contribution < 1.29 is 18.2 Å². The van der Waals surface area contributed by atoms with E-state index in [1.165, 1.54) is 0 Å². The van der Waals surface area contributed by atoms with Crippen molar-refractivity contribution in [3.63, 3.8) is 0 Å². The van der Waals surface area contributed by atoms with E-state index in [-0.39, 0.29) is 12.4 Å². The molecule has 0 spiro atoms. The minimum Gasteiger partial charge on any atom is -0.365 e. The molecule has 6 nitrogen and oxygen atoms in total. The lowest BCUT2D eigenvalue weighted by molar-refractivity contribution is 0.108. The molecule has 0 amide bonds. The third-order valence-corrected chi connectivity index (χ3v) is 1.99. The van der Waals surface area contributed by atoms with Crippen LogP contribution in [0.4, 0.5) is 0 Å². The Bertz CT molecular complexity index is 162.